The van der Waals surface area contributed by atoms with Gasteiger partial charge in [-0.2, -0.15) is 0 Å². The van der Waals surface area contributed by atoms with Gasteiger partial charge in [-0.1, -0.05) is 18.7 Å². The third kappa shape index (κ3) is 2.93. The summed E-state index contributed by atoms with van der Waals surface area (Å²) in [5, 5.41) is 8.47. The van der Waals surface area contributed by atoms with Crippen LogP contribution in [0.5, 0.6) is 0 Å². The topological polar surface area (TPSA) is 30.2 Å². The summed E-state index contributed by atoms with van der Waals surface area (Å²) < 4.78 is 28.7. The third-order valence-electron chi connectivity index (χ3n) is 4.04. The summed E-state index contributed by atoms with van der Waals surface area (Å²) in [6.07, 6.45) is 4.14. The van der Waals surface area contributed by atoms with E-state index in [1.807, 2.05) is 22.7 Å². The van der Waals surface area contributed by atoms with Gasteiger partial charge < -0.3 is 0 Å². The summed E-state index contributed by atoms with van der Waals surface area (Å²) in [7, 11) is 0. The molecule has 3 aromatic rings. The fourth-order valence-electron chi connectivity index (χ4n) is 2.44. The Morgan fingerprint density at radius 3 is 2.61 bits per heavy atom. The first-order valence-corrected chi connectivity index (χ1v) is 7.85. The van der Waals surface area contributed by atoms with Gasteiger partial charge in [0.05, 0.1) is 0 Å². The van der Waals surface area contributed by atoms with Crippen LogP contribution >= 0.6 is 24.2 Å². The zero-order valence-corrected chi connectivity index (χ0v) is 13.9. The van der Waals surface area contributed by atoms with Gasteiger partial charge in [-0.15, -0.1) is 22.6 Å². The molecule has 1 fully saturated rings. The van der Waals surface area contributed by atoms with Crippen molar-refractivity contribution in [2.24, 2.45) is 0 Å². The lowest BCUT2D eigenvalue weighted by atomic mass is 10.1. The molecule has 7 heteroatoms. The summed E-state index contributed by atoms with van der Waals surface area (Å²) in [6.45, 7) is 2.17. The van der Waals surface area contributed by atoms with Crippen LogP contribution in [-0.4, -0.2) is 14.6 Å². The largest absolute Gasteiger partial charge is 0.285 e. The lowest BCUT2D eigenvalue weighted by Crippen LogP contribution is -2.06. The van der Waals surface area contributed by atoms with Crippen molar-refractivity contribution in [1.29, 1.82) is 0 Å². The standard InChI is InChI=1S/C16H13F2N3S.ClH/c1-16(6-7-16)15-20-19-14-5-3-11(9-21(14)15)22-13-4-2-10(17)8-12(13)18;/h2-5,8-9H,6-7H2,1H3;1H. The first-order chi connectivity index (χ1) is 10.5. The molecule has 1 aromatic carbocycles. The SMILES string of the molecule is CC1(c2nnc3ccc(Sc4ccc(F)cc4F)cn23)CC1.Cl. The highest BCUT2D eigenvalue weighted by Gasteiger charge is 2.43. The number of halogens is 3. The minimum absolute atomic E-state index is 0. The van der Waals surface area contributed by atoms with Crippen LogP contribution < -0.4 is 0 Å². The second-order valence-electron chi connectivity index (χ2n) is 5.85. The maximum Gasteiger partial charge on any atom is 0.160 e. The zero-order chi connectivity index (χ0) is 15.3. The predicted molar refractivity (Wildman–Crippen MR) is 87.3 cm³/mol. The number of aromatic nitrogens is 3. The Labute approximate surface area is 142 Å². The summed E-state index contributed by atoms with van der Waals surface area (Å²) in [4.78, 5) is 1.26. The normalized spacial score (nSPS) is 15.4. The van der Waals surface area contributed by atoms with Crippen LogP contribution in [0.4, 0.5) is 8.78 Å². The van der Waals surface area contributed by atoms with Crippen LogP contribution in [0.3, 0.4) is 0 Å². The summed E-state index contributed by atoms with van der Waals surface area (Å²) in [5.41, 5.74) is 0.885. The molecule has 4 rings (SSSR count). The van der Waals surface area contributed by atoms with E-state index in [9.17, 15) is 8.78 Å². The Morgan fingerprint density at radius 1 is 1.13 bits per heavy atom. The van der Waals surface area contributed by atoms with Gasteiger partial charge in [-0.3, -0.25) is 4.40 Å². The van der Waals surface area contributed by atoms with Gasteiger partial charge in [0.15, 0.2) is 5.65 Å². The van der Waals surface area contributed by atoms with E-state index in [0.29, 0.717) is 4.90 Å². The number of hydrogen-bond acceptors (Lipinski definition) is 3. The molecule has 0 radical (unpaired) electrons. The van der Waals surface area contributed by atoms with Crippen molar-refractivity contribution in [2.75, 3.05) is 0 Å². The zero-order valence-electron chi connectivity index (χ0n) is 12.3. The Morgan fingerprint density at radius 2 is 1.91 bits per heavy atom. The first kappa shape index (κ1) is 16.2. The molecule has 3 nitrogen and oxygen atoms in total. The summed E-state index contributed by atoms with van der Waals surface area (Å²) >= 11 is 1.26. The molecular formula is C16H14ClF2N3S. The van der Waals surface area contributed by atoms with Crippen molar-refractivity contribution < 1.29 is 8.78 Å². The van der Waals surface area contributed by atoms with E-state index in [0.717, 1.165) is 35.3 Å². The van der Waals surface area contributed by atoms with Crippen molar-refractivity contribution >= 4 is 29.8 Å². The third-order valence-corrected chi connectivity index (χ3v) is 5.06. The Balaban J connectivity index is 0.00000156. The molecule has 1 aliphatic carbocycles. The summed E-state index contributed by atoms with van der Waals surface area (Å²) in [5.74, 6) is -0.173. The quantitative estimate of drug-likeness (QED) is 0.687. The number of hydrogen-bond donors (Lipinski definition) is 0. The van der Waals surface area contributed by atoms with Crippen molar-refractivity contribution in [3.05, 3.63) is 54.0 Å². The van der Waals surface area contributed by atoms with E-state index >= 15 is 0 Å². The number of benzene rings is 1. The van der Waals surface area contributed by atoms with E-state index < -0.39 is 11.6 Å². The van der Waals surface area contributed by atoms with E-state index in [2.05, 4.69) is 17.1 Å². The molecule has 2 heterocycles. The van der Waals surface area contributed by atoms with Crippen LogP contribution in [0.2, 0.25) is 0 Å². The van der Waals surface area contributed by atoms with Gasteiger partial charge in [-0.05, 0) is 37.1 Å². The second kappa shape index (κ2) is 5.76. The fraction of sp³-hybridized carbons (Fsp3) is 0.250. The summed E-state index contributed by atoms with van der Waals surface area (Å²) in [6, 6.07) is 7.35. The molecule has 0 N–H and O–H groups in total. The van der Waals surface area contributed by atoms with Crippen LogP contribution in [0.15, 0.2) is 46.3 Å². The molecule has 23 heavy (non-hydrogen) atoms. The number of nitrogens with zero attached hydrogens (tertiary/aromatic N) is 3. The number of pyridine rings is 1. The maximum absolute atomic E-state index is 13.8. The van der Waals surface area contributed by atoms with Gasteiger partial charge in [0, 0.05) is 27.5 Å². The van der Waals surface area contributed by atoms with Crippen molar-refractivity contribution in [2.45, 2.75) is 35.0 Å². The van der Waals surface area contributed by atoms with Crippen LogP contribution in [0.25, 0.3) is 5.65 Å². The minimum Gasteiger partial charge on any atom is -0.285 e. The number of fused-ring (bicyclic) bond motifs is 1. The van der Waals surface area contributed by atoms with Gasteiger partial charge >= 0.3 is 0 Å². The van der Waals surface area contributed by atoms with Crippen molar-refractivity contribution in [1.82, 2.24) is 14.6 Å². The molecule has 0 unspecified atom stereocenters. The second-order valence-corrected chi connectivity index (χ2v) is 6.97. The molecule has 0 amide bonds. The molecular weight excluding hydrogens is 340 g/mol. The fourth-order valence-corrected chi connectivity index (χ4v) is 3.28. The molecule has 1 aliphatic rings. The molecule has 0 saturated heterocycles. The van der Waals surface area contributed by atoms with E-state index in [1.54, 1.807) is 0 Å². The van der Waals surface area contributed by atoms with Gasteiger partial charge in [0.2, 0.25) is 0 Å². The minimum atomic E-state index is -0.569. The van der Waals surface area contributed by atoms with E-state index in [-0.39, 0.29) is 17.8 Å². The van der Waals surface area contributed by atoms with E-state index in [1.165, 1.54) is 23.9 Å². The van der Waals surface area contributed by atoms with Crippen LogP contribution in [-0.2, 0) is 5.41 Å². The molecule has 120 valence electrons. The predicted octanol–water partition coefficient (Wildman–Crippen LogP) is 4.63. The Bertz CT molecular complexity index is 877. The Hall–Kier alpha value is -1.66. The van der Waals surface area contributed by atoms with Crippen LogP contribution in [0.1, 0.15) is 25.6 Å². The molecule has 2 aromatic heterocycles. The monoisotopic (exact) mass is 353 g/mol. The average molecular weight is 354 g/mol. The molecule has 1 saturated carbocycles. The highest BCUT2D eigenvalue weighted by Crippen LogP contribution is 2.46. The van der Waals surface area contributed by atoms with Gasteiger partial charge in [0.1, 0.15) is 17.5 Å². The van der Waals surface area contributed by atoms with Gasteiger partial charge in [-0.25, -0.2) is 8.78 Å². The maximum atomic E-state index is 13.8. The highest BCUT2D eigenvalue weighted by molar-refractivity contribution is 7.99. The van der Waals surface area contributed by atoms with E-state index in [4.69, 9.17) is 0 Å². The Kier molecular flexibility index (Phi) is 4.06. The highest BCUT2D eigenvalue weighted by atomic mass is 35.5. The molecule has 0 bridgehead atoms. The van der Waals surface area contributed by atoms with Crippen molar-refractivity contribution in [3.8, 4) is 0 Å². The number of rotatable bonds is 3. The molecule has 0 aliphatic heterocycles. The van der Waals surface area contributed by atoms with Crippen LogP contribution in [0, 0.1) is 11.6 Å². The lowest BCUT2D eigenvalue weighted by molar-refractivity contribution is 0.565. The smallest absolute Gasteiger partial charge is 0.160 e. The average Bonchev–Trinajstić information content (AvgIpc) is 3.09. The van der Waals surface area contributed by atoms with Crippen molar-refractivity contribution in [3.63, 3.8) is 0 Å². The van der Waals surface area contributed by atoms with Gasteiger partial charge in [0.25, 0.3) is 0 Å². The first-order valence-electron chi connectivity index (χ1n) is 7.03. The molecule has 0 spiro atoms. The lowest BCUT2D eigenvalue weighted by Gasteiger charge is -2.08. The molecule has 0 atom stereocenters.